The van der Waals surface area contributed by atoms with Crippen LogP contribution in [-0.4, -0.2) is 43.2 Å². The van der Waals surface area contributed by atoms with Crippen LogP contribution in [0.15, 0.2) is 35.1 Å². The van der Waals surface area contributed by atoms with E-state index in [1.54, 1.807) is 24.3 Å². The van der Waals surface area contributed by atoms with Gasteiger partial charge in [-0.15, -0.1) is 0 Å². The van der Waals surface area contributed by atoms with Crippen LogP contribution in [-0.2, 0) is 6.54 Å². The Kier molecular flexibility index (Phi) is 4.95. The molecule has 0 radical (unpaired) electrons. The van der Waals surface area contributed by atoms with Crippen molar-refractivity contribution in [3.05, 3.63) is 47.7 Å². The molecule has 8 nitrogen and oxygen atoms in total. The van der Waals surface area contributed by atoms with Crippen molar-refractivity contribution in [3.63, 3.8) is 0 Å². The number of carbonyl (C=O) groups is 1. The predicted molar refractivity (Wildman–Crippen MR) is 97.7 cm³/mol. The molecule has 1 N–H and O–H groups in total. The van der Waals surface area contributed by atoms with Gasteiger partial charge in [-0.2, -0.15) is 10.1 Å². The number of aromatic nitrogens is 5. The number of nitrogens with one attached hydrogen (secondary N) is 1. The molecule has 140 valence electrons. The highest BCUT2D eigenvalue weighted by atomic mass is 16.5. The maximum Gasteiger partial charge on any atom is 0.257 e. The fourth-order valence-corrected chi connectivity index (χ4v) is 3.57. The Morgan fingerprint density at radius 2 is 2.15 bits per heavy atom. The van der Waals surface area contributed by atoms with E-state index < -0.39 is 0 Å². The van der Waals surface area contributed by atoms with Crippen LogP contribution in [0.3, 0.4) is 0 Å². The van der Waals surface area contributed by atoms with Gasteiger partial charge in [-0.05, 0) is 25.0 Å². The van der Waals surface area contributed by atoms with Gasteiger partial charge in [-0.3, -0.25) is 14.9 Å². The van der Waals surface area contributed by atoms with Crippen molar-refractivity contribution >= 4 is 5.91 Å². The molecule has 1 amide bonds. The van der Waals surface area contributed by atoms with Gasteiger partial charge in [-0.1, -0.05) is 30.5 Å². The molecule has 3 aromatic heterocycles. The largest absolute Gasteiger partial charge is 0.337 e. The first kappa shape index (κ1) is 17.4. The lowest BCUT2D eigenvalue weighted by Gasteiger charge is -2.22. The summed E-state index contributed by atoms with van der Waals surface area (Å²) < 4.78 is 5.29. The second kappa shape index (κ2) is 7.69. The van der Waals surface area contributed by atoms with E-state index >= 15 is 0 Å². The Labute approximate surface area is 157 Å². The highest BCUT2D eigenvalue weighted by Crippen LogP contribution is 2.33. The first-order valence-electron chi connectivity index (χ1n) is 9.25. The van der Waals surface area contributed by atoms with Gasteiger partial charge in [0.2, 0.25) is 11.7 Å². The maximum absolute atomic E-state index is 12.9. The Hall–Kier alpha value is -3.03. The second-order valence-electron chi connectivity index (χ2n) is 6.92. The lowest BCUT2D eigenvalue weighted by molar-refractivity contribution is 0.0767. The van der Waals surface area contributed by atoms with Crippen LogP contribution in [0.25, 0.3) is 11.5 Å². The number of H-pyrrole nitrogens is 1. The van der Waals surface area contributed by atoms with Gasteiger partial charge in [-0.25, -0.2) is 0 Å². The first-order valence-corrected chi connectivity index (χ1v) is 9.25. The molecule has 0 aliphatic heterocycles. The fourth-order valence-electron chi connectivity index (χ4n) is 3.57. The van der Waals surface area contributed by atoms with Crippen molar-refractivity contribution < 1.29 is 9.32 Å². The lowest BCUT2D eigenvalue weighted by Crippen LogP contribution is -2.27. The summed E-state index contributed by atoms with van der Waals surface area (Å²) in [6.45, 7) is 0.230. The van der Waals surface area contributed by atoms with E-state index in [4.69, 9.17) is 4.52 Å². The molecule has 0 unspecified atom stereocenters. The molecular formula is C19H22N6O2. The molecule has 0 bridgehead atoms. The molecule has 1 aliphatic rings. The van der Waals surface area contributed by atoms with Gasteiger partial charge in [0.15, 0.2) is 0 Å². The minimum atomic E-state index is -0.0955. The summed E-state index contributed by atoms with van der Waals surface area (Å²) in [5.74, 6) is 1.07. The zero-order chi connectivity index (χ0) is 18.6. The van der Waals surface area contributed by atoms with Gasteiger partial charge < -0.3 is 9.42 Å². The van der Waals surface area contributed by atoms with Crippen LogP contribution in [0.5, 0.6) is 0 Å². The highest BCUT2D eigenvalue weighted by molar-refractivity contribution is 5.95. The molecule has 0 spiro atoms. The molecule has 1 saturated carbocycles. The standard InChI is InChI=1S/C19H22N6O2/c1-25(12-16-22-18(24-27-16)15-9-5-6-10-20-15)19(26)14-11-21-23-17(14)13-7-3-2-4-8-13/h5-6,9-11,13H,2-4,7-8,12H2,1H3,(H,21,23). The number of hydrogen-bond donors (Lipinski definition) is 1. The van der Waals surface area contributed by atoms with E-state index in [0.717, 1.165) is 18.5 Å². The number of carbonyl (C=O) groups excluding carboxylic acids is 1. The Morgan fingerprint density at radius 3 is 2.93 bits per heavy atom. The van der Waals surface area contributed by atoms with E-state index in [-0.39, 0.29) is 12.5 Å². The van der Waals surface area contributed by atoms with Crippen LogP contribution in [0.1, 0.15) is 60.0 Å². The first-order chi connectivity index (χ1) is 13.2. The zero-order valence-corrected chi connectivity index (χ0v) is 15.3. The van der Waals surface area contributed by atoms with Crippen molar-refractivity contribution in [1.29, 1.82) is 0 Å². The van der Waals surface area contributed by atoms with Gasteiger partial charge in [0.05, 0.1) is 17.5 Å². The summed E-state index contributed by atoms with van der Waals surface area (Å²) in [5, 5.41) is 11.1. The average Bonchev–Trinajstić information content (AvgIpc) is 3.38. The third-order valence-electron chi connectivity index (χ3n) is 4.99. The van der Waals surface area contributed by atoms with Crippen molar-refractivity contribution in [1.82, 2.24) is 30.2 Å². The number of nitrogens with zero attached hydrogens (tertiary/aromatic N) is 5. The molecule has 3 heterocycles. The van der Waals surface area contributed by atoms with Crippen LogP contribution in [0, 0.1) is 0 Å². The molecule has 8 heteroatoms. The van der Waals surface area contributed by atoms with Gasteiger partial charge >= 0.3 is 0 Å². The summed E-state index contributed by atoms with van der Waals surface area (Å²) in [4.78, 5) is 23.0. The normalized spacial score (nSPS) is 15.0. The van der Waals surface area contributed by atoms with Gasteiger partial charge in [0, 0.05) is 19.2 Å². The van der Waals surface area contributed by atoms with E-state index in [2.05, 4.69) is 25.3 Å². The molecule has 3 aromatic rings. The molecule has 1 fully saturated rings. The Balaban J connectivity index is 1.46. The molecule has 0 aromatic carbocycles. The van der Waals surface area contributed by atoms with Crippen molar-refractivity contribution in [2.24, 2.45) is 0 Å². The lowest BCUT2D eigenvalue weighted by atomic mass is 9.85. The van der Waals surface area contributed by atoms with E-state index in [9.17, 15) is 4.79 Å². The number of amides is 1. The Morgan fingerprint density at radius 1 is 1.30 bits per heavy atom. The van der Waals surface area contributed by atoms with Crippen molar-refractivity contribution in [2.75, 3.05) is 7.05 Å². The van der Waals surface area contributed by atoms with E-state index in [0.29, 0.717) is 28.9 Å². The molecule has 0 atom stereocenters. The molecule has 27 heavy (non-hydrogen) atoms. The van der Waals surface area contributed by atoms with Crippen molar-refractivity contribution in [3.8, 4) is 11.5 Å². The predicted octanol–water partition coefficient (Wildman–Crippen LogP) is 3.17. The van der Waals surface area contributed by atoms with Crippen LogP contribution >= 0.6 is 0 Å². The third kappa shape index (κ3) is 3.74. The number of hydrogen-bond acceptors (Lipinski definition) is 6. The number of aromatic amines is 1. The van der Waals surface area contributed by atoms with Crippen LogP contribution in [0.4, 0.5) is 0 Å². The summed E-state index contributed by atoms with van der Waals surface area (Å²) in [5.41, 5.74) is 2.22. The van der Waals surface area contributed by atoms with Gasteiger partial charge in [0.25, 0.3) is 5.91 Å². The quantitative estimate of drug-likeness (QED) is 0.744. The summed E-state index contributed by atoms with van der Waals surface area (Å²) in [6.07, 6.45) is 9.16. The third-order valence-corrected chi connectivity index (χ3v) is 4.99. The van der Waals surface area contributed by atoms with Crippen LogP contribution in [0.2, 0.25) is 0 Å². The highest BCUT2D eigenvalue weighted by Gasteiger charge is 2.26. The smallest absolute Gasteiger partial charge is 0.257 e. The SMILES string of the molecule is CN(Cc1nc(-c2ccccn2)no1)C(=O)c1cn[nH]c1C1CCCCC1. The van der Waals surface area contributed by atoms with Crippen LogP contribution < -0.4 is 0 Å². The minimum absolute atomic E-state index is 0.0955. The molecular weight excluding hydrogens is 344 g/mol. The topological polar surface area (TPSA) is 101 Å². The molecule has 0 saturated heterocycles. The number of rotatable bonds is 5. The minimum Gasteiger partial charge on any atom is -0.337 e. The number of pyridine rings is 1. The Bertz CT molecular complexity index is 898. The average molecular weight is 366 g/mol. The monoisotopic (exact) mass is 366 g/mol. The summed E-state index contributed by atoms with van der Waals surface area (Å²) in [7, 11) is 1.73. The summed E-state index contributed by atoms with van der Waals surface area (Å²) in [6, 6.07) is 5.50. The maximum atomic E-state index is 12.9. The van der Waals surface area contributed by atoms with Crippen molar-refractivity contribution in [2.45, 2.75) is 44.6 Å². The van der Waals surface area contributed by atoms with E-state index in [1.165, 1.54) is 19.3 Å². The molecule has 4 rings (SSSR count). The van der Waals surface area contributed by atoms with E-state index in [1.807, 2.05) is 18.2 Å². The molecule has 1 aliphatic carbocycles. The summed E-state index contributed by atoms with van der Waals surface area (Å²) >= 11 is 0. The van der Waals surface area contributed by atoms with Gasteiger partial charge in [0.1, 0.15) is 12.2 Å². The second-order valence-corrected chi connectivity index (χ2v) is 6.92. The zero-order valence-electron chi connectivity index (χ0n) is 15.3. The fraction of sp³-hybridized carbons (Fsp3) is 0.421.